The summed E-state index contributed by atoms with van der Waals surface area (Å²) in [6.07, 6.45) is 3.76. The Morgan fingerprint density at radius 1 is 0.862 bits per heavy atom. The first-order valence-corrected chi connectivity index (χ1v) is 9.08. The molecule has 5 rings (SSSR count). The molecule has 2 aromatic carbocycles. The largest absolute Gasteiger partial charge is 0.507 e. The Labute approximate surface area is 165 Å². The van der Waals surface area contributed by atoms with E-state index in [4.69, 9.17) is 4.52 Å². The average Bonchev–Trinajstić information content (AvgIpc) is 3.19. The van der Waals surface area contributed by atoms with Crippen LogP contribution in [0, 0.1) is 0 Å². The van der Waals surface area contributed by atoms with Crippen molar-refractivity contribution in [2.75, 3.05) is 0 Å². The van der Waals surface area contributed by atoms with Gasteiger partial charge in [-0.15, -0.1) is 0 Å². The van der Waals surface area contributed by atoms with E-state index in [1.807, 2.05) is 59.4 Å². The molecule has 4 aromatic rings. The molecule has 0 fully saturated rings. The number of ketones is 2. The van der Waals surface area contributed by atoms with Crippen molar-refractivity contribution in [2.24, 2.45) is 0 Å². The van der Waals surface area contributed by atoms with Crippen molar-refractivity contribution in [3.8, 4) is 17.0 Å². The van der Waals surface area contributed by atoms with Crippen LogP contribution < -0.4 is 4.57 Å². The molecule has 140 valence electrons. The number of rotatable bonds is 3. The summed E-state index contributed by atoms with van der Waals surface area (Å²) in [5.41, 5.74) is 2.31. The second kappa shape index (κ2) is 6.53. The predicted octanol–water partition coefficient (Wildman–Crippen LogP) is 3.16. The molecule has 1 aliphatic rings. The van der Waals surface area contributed by atoms with E-state index in [2.05, 4.69) is 5.16 Å². The van der Waals surface area contributed by atoms with Crippen LogP contribution in [-0.4, -0.2) is 21.8 Å². The standard InChI is InChI=1S/C23H14N2O4/c26-17-8-4-7-16-18(17)22(28)19-20(24-29-23(19)21(16)27)15-9-11-25(12-10-15)13-14-5-2-1-3-6-14/h1-12H,13H2/p+1. The monoisotopic (exact) mass is 383 g/mol. The van der Waals surface area contributed by atoms with E-state index in [0.29, 0.717) is 17.8 Å². The van der Waals surface area contributed by atoms with Gasteiger partial charge in [0.2, 0.25) is 17.3 Å². The van der Waals surface area contributed by atoms with Gasteiger partial charge in [0.1, 0.15) is 17.0 Å². The molecule has 1 aliphatic carbocycles. The van der Waals surface area contributed by atoms with Crippen molar-refractivity contribution in [3.05, 3.63) is 101 Å². The minimum Gasteiger partial charge on any atom is -0.507 e. The molecule has 0 spiro atoms. The number of aromatic hydroxyl groups is 1. The molecule has 0 amide bonds. The molecular weight excluding hydrogens is 368 g/mol. The van der Waals surface area contributed by atoms with Crippen molar-refractivity contribution in [1.82, 2.24) is 5.16 Å². The van der Waals surface area contributed by atoms with Crippen LogP contribution in [0.3, 0.4) is 0 Å². The Bertz CT molecular complexity index is 1260. The van der Waals surface area contributed by atoms with Gasteiger partial charge in [-0.3, -0.25) is 9.59 Å². The van der Waals surface area contributed by atoms with Crippen LogP contribution in [0.25, 0.3) is 11.3 Å². The maximum Gasteiger partial charge on any atom is 0.232 e. The molecule has 0 atom stereocenters. The number of pyridine rings is 1. The van der Waals surface area contributed by atoms with E-state index >= 15 is 0 Å². The quantitative estimate of drug-likeness (QED) is 0.484. The summed E-state index contributed by atoms with van der Waals surface area (Å²) in [4.78, 5) is 25.7. The number of phenols is 1. The third-order valence-corrected chi connectivity index (χ3v) is 5.01. The minimum absolute atomic E-state index is 0.00970. The summed E-state index contributed by atoms with van der Waals surface area (Å²) in [5, 5.41) is 14.1. The average molecular weight is 383 g/mol. The maximum absolute atomic E-state index is 13.0. The molecule has 0 aliphatic heterocycles. The van der Waals surface area contributed by atoms with Crippen LogP contribution in [0.15, 0.2) is 77.6 Å². The first-order valence-electron chi connectivity index (χ1n) is 9.08. The summed E-state index contributed by atoms with van der Waals surface area (Å²) >= 11 is 0. The van der Waals surface area contributed by atoms with Gasteiger partial charge < -0.3 is 9.63 Å². The van der Waals surface area contributed by atoms with Gasteiger partial charge in [0.05, 0.1) is 5.56 Å². The minimum atomic E-state index is -0.468. The summed E-state index contributed by atoms with van der Waals surface area (Å²) in [6, 6.07) is 18.1. The van der Waals surface area contributed by atoms with E-state index in [1.165, 1.54) is 18.2 Å². The third kappa shape index (κ3) is 2.73. The van der Waals surface area contributed by atoms with Gasteiger partial charge >= 0.3 is 0 Å². The van der Waals surface area contributed by atoms with Crippen molar-refractivity contribution in [1.29, 1.82) is 0 Å². The number of hydrogen-bond acceptors (Lipinski definition) is 5. The molecule has 2 aromatic heterocycles. The van der Waals surface area contributed by atoms with Gasteiger partial charge in [0.25, 0.3) is 0 Å². The van der Waals surface area contributed by atoms with E-state index in [0.717, 1.165) is 5.56 Å². The molecule has 0 radical (unpaired) electrons. The number of carbonyl (C=O) groups is 2. The molecule has 29 heavy (non-hydrogen) atoms. The van der Waals surface area contributed by atoms with Gasteiger partial charge in [-0.25, -0.2) is 4.57 Å². The summed E-state index contributed by atoms with van der Waals surface area (Å²) in [7, 11) is 0. The number of carbonyl (C=O) groups excluding carboxylic acids is 2. The van der Waals surface area contributed by atoms with Crippen molar-refractivity contribution in [2.45, 2.75) is 6.54 Å². The molecule has 1 N–H and O–H groups in total. The normalized spacial score (nSPS) is 12.6. The van der Waals surface area contributed by atoms with Gasteiger partial charge in [-0.2, -0.15) is 0 Å². The Kier molecular flexibility index (Phi) is 3.84. The zero-order valence-electron chi connectivity index (χ0n) is 15.2. The topological polar surface area (TPSA) is 84.3 Å². The Morgan fingerprint density at radius 3 is 2.38 bits per heavy atom. The first kappa shape index (κ1) is 17.1. The highest BCUT2D eigenvalue weighted by atomic mass is 16.5. The summed E-state index contributed by atoms with van der Waals surface area (Å²) < 4.78 is 7.24. The fourth-order valence-electron chi connectivity index (χ4n) is 3.58. The van der Waals surface area contributed by atoms with Crippen molar-refractivity contribution in [3.63, 3.8) is 0 Å². The molecule has 0 unspecified atom stereocenters. The number of aromatic nitrogens is 2. The highest BCUT2D eigenvalue weighted by molar-refractivity contribution is 6.29. The van der Waals surface area contributed by atoms with E-state index in [1.54, 1.807) is 0 Å². The second-order valence-corrected chi connectivity index (χ2v) is 6.84. The van der Waals surface area contributed by atoms with Gasteiger partial charge in [-0.05, 0) is 12.1 Å². The first-order chi connectivity index (χ1) is 14.1. The molecule has 0 bridgehead atoms. The molecule has 2 heterocycles. The van der Waals surface area contributed by atoms with Crippen molar-refractivity contribution < 1.29 is 23.8 Å². The molecule has 6 nitrogen and oxygen atoms in total. The number of benzene rings is 2. The van der Waals surface area contributed by atoms with Crippen LogP contribution in [0.4, 0.5) is 0 Å². The SMILES string of the molecule is O=C1c2cccc(O)c2C(=O)c2c(-c3cc[n+](Cc4ccccc4)cc3)noc21. The fraction of sp³-hybridized carbons (Fsp3) is 0.0435. The highest BCUT2D eigenvalue weighted by Crippen LogP contribution is 2.37. The lowest BCUT2D eigenvalue weighted by Gasteiger charge is -2.14. The zero-order valence-corrected chi connectivity index (χ0v) is 15.2. The lowest BCUT2D eigenvalue weighted by Crippen LogP contribution is -2.33. The van der Waals surface area contributed by atoms with Crippen LogP contribution in [-0.2, 0) is 6.54 Å². The molecular formula is C23H15N2O4+. The maximum atomic E-state index is 13.0. The molecule has 6 heteroatoms. The summed E-state index contributed by atoms with van der Waals surface area (Å²) in [6.45, 7) is 0.705. The Morgan fingerprint density at radius 2 is 1.62 bits per heavy atom. The second-order valence-electron chi connectivity index (χ2n) is 6.84. The van der Waals surface area contributed by atoms with Gasteiger partial charge in [0.15, 0.2) is 18.9 Å². The lowest BCUT2D eigenvalue weighted by atomic mass is 9.86. The van der Waals surface area contributed by atoms with Crippen molar-refractivity contribution >= 4 is 11.6 Å². The summed E-state index contributed by atoms with van der Waals surface area (Å²) in [5.74, 6) is -1.25. The smallest absolute Gasteiger partial charge is 0.232 e. The van der Waals surface area contributed by atoms with Crippen LogP contribution in [0.5, 0.6) is 5.75 Å². The van der Waals surface area contributed by atoms with Crippen LogP contribution in [0.1, 0.15) is 37.6 Å². The number of fused-ring (bicyclic) bond motifs is 2. The van der Waals surface area contributed by atoms with Crippen LogP contribution in [0.2, 0.25) is 0 Å². The van der Waals surface area contributed by atoms with E-state index in [9.17, 15) is 14.7 Å². The number of nitrogens with zero attached hydrogens (tertiary/aromatic N) is 2. The predicted molar refractivity (Wildman–Crippen MR) is 103 cm³/mol. The van der Waals surface area contributed by atoms with Gasteiger partial charge in [0, 0.05) is 28.8 Å². The lowest BCUT2D eigenvalue weighted by molar-refractivity contribution is -0.688. The van der Waals surface area contributed by atoms with Crippen LogP contribution >= 0.6 is 0 Å². The van der Waals surface area contributed by atoms with Gasteiger partial charge in [-0.1, -0.05) is 41.6 Å². The van der Waals surface area contributed by atoms with E-state index in [-0.39, 0.29) is 28.2 Å². The highest BCUT2D eigenvalue weighted by Gasteiger charge is 2.38. The Balaban J connectivity index is 1.53. The molecule has 0 saturated carbocycles. The Hall–Kier alpha value is -4.06. The molecule has 0 saturated heterocycles. The number of phenolic OH excluding ortho intramolecular Hbond substituents is 1. The number of hydrogen-bond donors (Lipinski definition) is 1. The van der Waals surface area contributed by atoms with E-state index < -0.39 is 11.6 Å². The third-order valence-electron chi connectivity index (χ3n) is 5.01. The zero-order chi connectivity index (χ0) is 20.0. The fourth-order valence-corrected chi connectivity index (χ4v) is 3.58.